The van der Waals surface area contributed by atoms with Gasteiger partial charge in [-0.25, -0.2) is 4.79 Å². The molecule has 0 radical (unpaired) electrons. The molecule has 1 rings (SSSR count). The maximum absolute atomic E-state index is 12.2. The second kappa shape index (κ2) is 6.75. The van der Waals surface area contributed by atoms with Crippen molar-refractivity contribution >= 4 is 17.5 Å². The summed E-state index contributed by atoms with van der Waals surface area (Å²) >= 11 is -1.08. The second-order valence-corrected chi connectivity index (χ2v) is 9.66. The summed E-state index contributed by atoms with van der Waals surface area (Å²) in [5.41, 5.74) is -0.460. The number of ether oxygens (including phenoxy) is 1. The Labute approximate surface area is 132 Å². The lowest BCUT2D eigenvalue weighted by atomic mass is 9.91. The van der Waals surface area contributed by atoms with Crippen LogP contribution in [0, 0.1) is 5.92 Å². The van der Waals surface area contributed by atoms with Crippen molar-refractivity contribution in [3.8, 4) is 0 Å². The quantitative estimate of drug-likeness (QED) is 0.809. The molecule has 0 bridgehead atoms. The first-order chi connectivity index (χ1) is 9.44. The van der Waals surface area contributed by atoms with Crippen LogP contribution in [0.15, 0.2) is 0 Å². The number of rotatable bonds is 4. The van der Waals surface area contributed by atoms with E-state index < -0.39 is 17.0 Å². The minimum atomic E-state index is -1.08. The lowest BCUT2D eigenvalue weighted by Gasteiger charge is -2.43. The third-order valence-electron chi connectivity index (χ3n) is 3.38. The summed E-state index contributed by atoms with van der Waals surface area (Å²) in [4.78, 5) is 13.6. The average Bonchev–Trinajstić information content (AvgIpc) is 2.21. The zero-order chi connectivity index (χ0) is 16.4. The molecule has 1 heterocycles. The van der Waals surface area contributed by atoms with Crippen LogP contribution in [0.5, 0.6) is 0 Å². The van der Waals surface area contributed by atoms with Crippen LogP contribution in [0.3, 0.4) is 0 Å². The van der Waals surface area contributed by atoms with E-state index in [0.717, 1.165) is 6.42 Å². The molecule has 2 atom stereocenters. The van der Waals surface area contributed by atoms with Gasteiger partial charge in [0.15, 0.2) is 0 Å². The van der Waals surface area contributed by atoms with E-state index in [1.807, 2.05) is 41.5 Å². The summed E-state index contributed by atoms with van der Waals surface area (Å²) < 4.78 is 20.5. The zero-order valence-electron chi connectivity index (χ0n) is 14.4. The Balaban J connectivity index is 2.45. The molecule has 21 heavy (non-hydrogen) atoms. The van der Waals surface area contributed by atoms with Gasteiger partial charge in [-0.1, -0.05) is 6.92 Å². The van der Waals surface area contributed by atoms with Crippen molar-refractivity contribution < 1.29 is 14.1 Å². The van der Waals surface area contributed by atoms with E-state index in [4.69, 9.17) is 4.74 Å². The summed E-state index contributed by atoms with van der Waals surface area (Å²) in [6, 6.07) is 0.170. The van der Waals surface area contributed by atoms with Crippen LogP contribution in [0.1, 0.15) is 54.9 Å². The van der Waals surface area contributed by atoms with Gasteiger partial charge in [0.05, 0.1) is 6.04 Å². The fourth-order valence-corrected chi connectivity index (χ4v) is 3.06. The Morgan fingerprint density at radius 3 is 2.24 bits per heavy atom. The minimum absolute atomic E-state index is 0.170. The average molecular weight is 318 g/mol. The van der Waals surface area contributed by atoms with E-state index in [2.05, 4.69) is 11.6 Å². The second-order valence-electron chi connectivity index (χ2n) is 7.66. The number of amides is 1. The SMILES string of the molecule is CC[C@H](N[S+]([O-])C(C)(C)C)C1CN(C(=O)OC(C)(C)C)C1. The lowest BCUT2D eigenvalue weighted by molar-refractivity contribution is -0.00569. The summed E-state index contributed by atoms with van der Waals surface area (Å²) in [6.07, 6.45) is 0.639. The van der Waals surface area contributed by atoms with Crippen LogP contribution in [0.25, 0.3) is 0 Å². The van der Waals surface area contributed by atoms with Gasteiger partial charge in [-0.05, 0) is 48.0 Å². The van der Waals surface area contributed by atoms with Gasteiger partial charge in [0.1, 0.15) is 10.3 Å². The molecule has 6 heteroatoms. The van der Waals surface area contributed by atoms with Crippen LogP contribution >= 0.6 is 0 Å². The summed E-state index contributed by atoms with van der Waals surface area (Å²) in [7, 11) is 0. The number of carbonyl (C=O) groups is 1. The zero-order valence-corrected chi connectivity index (χ0v) is 15.2. The topological polar surface area (TPSA) is 64.6 Å². The fourth-order valence-electron chi connectivity index (χ4n) is 2.07. The first-order valence-electron chi connectivity index (χ1n) is 7.60. The molecule has 0 aromatic rings. The van der Waals surface area contributed by atoms with Gasteiger partial charge in [0.25, 0.3) is 0 Å². The van der Waals surface area contributed by atoms with Gasteiger partial charge < -0.3 is 14.2 Å². The van der Waals surface area contributed by atoms with Crippen LogP contribution in [-0.2, 0) is 16.1 Å². The molecule has 124 valence electrons. The monoisotopic (exact) mass is 318 g/mol. The molecule has 0 aliphatic carbocycles. The number of hydrogen-bond acceptors (Lipinski definition) is 4. The molecule has 0 saturated carbocycles. The molecule has 1 N–H and O–H groups in total. The maximum atomic E-state index is 12.2. The Bertz CT molecular complexity index is 357. The Kier molecular flexibility index (Phi) is 5.98. The predicted octanol–water partition coefficient (Wildman–Crippen LogP) is 2.68. The predicted molar refractivity (Wildman–Crippen MR) is 86.4 cm³/mol. The largest absolute Gasteiger partial charge is 0.598 e. The van der Waals surface area contributed by atoms with Crippen molar-refractivity contribution in [2.75, 3.05) is 13.1 Å². The van der Waals surface area contributed by atoms with Gasteiger partial charge in [-0.2, -0.15) is 0 Å². The van der Waals surface area contributed by atoms with Gasteiger partial charge in [0, 0.05) is 30.4 Å². The van der Waals surface area contributed by atoms with Crippen molar-refractivity contribution in [2.45, 2.75) is 71.3 Å². The van der Waals surface area contributed by atoms with E-state index in [0.29, 0.717) is 19.0 Å². The van der Waals surface area contributed by atoms with E-state index in [-0.39, 0.29) is 16.9 Å². The number of hydrogen-bond donors (Lipinski definition) is 1. The summed E-state index contributed by atoms with van der Waals surface area (Å²) in [5.74, 6) is 0.341. The molecule has 0 aromatic heterocycles. The molecule has 1 amide bonds. The number of nitrogens with one attached hydrogen (secondary N) is 1. The van der Waals surface area contributed by atoms with Crippen LogP contribution in [0.2, 0.25) is 0 Å². The van der Waals surface area contributed by atoms with E-state index in [9.17, 15) is 9.35 Å². The molecule has 5 nitrogen and oxygen atoms in total. The fraction of sp³-hybridized carbons (Fsp3) is 0.933. The van der Waals surface area contributed by atoms with Crippen molar-refractivity contribution in [3.63, 3.8) is 0 Å². The molecule has 1 unspecified atom stereocenters. The van der Waals surface area contributed by atoms with E-state index in [1.54, 1.807) is 4.90 Å². The highest BCUT2D eigenvalue weighted by Crippen LogP contribution is 2.25. The van der Waals surface area contributed by atoms with E-state index in [1.165, 1.54) is 0 Å². The van der Waals surface area contributed by atoms with E-state index >= 15 is 0 Å². The third-order valence-corrected chi connectivity index (χ3v) is 5.01. The summed E-state index contributed by atoms with van der Waals surface area (Å²) in [6.45, 7) is 14.9. The van der Waals surface area contributed by atoms with Gasteiger partial charge in [-0.15, -0.1) is 4.72 Å². The Morgan fingerprint density at radius 1 is 1.33 bits per heavy atom. The normalized spacial score (nSPS) is 19.9. The van der Waals surface area contributed by atoms with Crippen LogP contribution in [-0.4, -0.2) is 45.0 Å². The van der Waals surface area contributed by atoms with Crippen molar-refractivity contribution in [1.29, 1.82) is 0 Å². The van der Waals surface area contributed by atoms with Gasteiger partial charge in [-0.3, -0.25) is 0 Å². The van der Waals surface area contributed by atoms with Crippen molar-refractivity contribution in [2.24, 2.45) is 5.92 Å². The third kappa shape index (κ3) is 5.68. The van der Waals surface area contributed by atoms with Gasteiger partial charge >= 0.3 is 6.09 Å². The number of likely N-dealkylation sites (tertiary alicyclic amines) is 1. The minimum Gasteiger partial charge on any atom is -0.598 e. The molecule has 1 aliphatic heterocycles. The Morgan fingerprint density at radius 2 is 1.86 bits per heavy atom. The number of nitrogens with zero attached hydrogens (tertiary/aromatic N) is 1. The Hall–Kier alpha value is -0.460. The molecule has 0 spiro atoms. The van der Waals surface area contributed by atoms with Crippen molar-refractivity contribution in [3.05, 3.63) is 0 Å². The molecular weight excluding hydrogens is 288 g/mol. The molecular formula is C15H30N2O3S. The van der Waals surface area contributed by atoms with Crippen LogP contribution < -0.4 is 4.72 Å². The maximum Gasteiger partial charge on any atom is 0.410 e. The highest BCUT2D eigenvalue weighted by molar-refractivity contribution is 7.90. The smallest absolute Gasteiger partial charge is 0.410 e. The molecule has 1 saturated heterocycles. The first-order valence-corrected chi connectivity index (χ1v) is 8.75. The van der Waals surface area contributed by atoms with Crippen molar-refractivity contribution in [1.82, 2.24) is 9.62 Å². The highest BCUT2D eigenvalue weighted by atomic mass is 32.2. The van der Waals surface area contributed by atoms with Crippen LogP contribution in [0.4, 0.5) is 4.79 Å². The number of carbonyl (C=O) groups excluding carboxylic acids is 1. The highest BCUT2D eigenvalue weighted by Gasteiger charge is 2.40. The van der Waals surface area contributed by atoms with Gasteiger partial charge in [0.2, 0.25) is 0 Å². The molecule has 0 aromatic carbocycles. The lowest BCUT2D eigenvalue weighted by Crippen LogP contribution is -2.60. The summed E-state index contributed by atoms with van der Waals surface area (Å²) in [5, 5.41) is 0. The standard InChI is InChI=1S/C15H30N2O3S/c1-8-12(16-21(19)15(5,6)7)11-9-17(10-11)13(18)20-14(2,3)4/h11-12,16H,8-10H2,1-7H3/t12-,21?/m0/s1. The molecule has 1 aliphatic rings. The molecule has 1 fully saturated rings. The first kappa shape index (κ1) is 18.6.